The zero-order chi connectivity index (χ0) is 13.3. The molecule has 0 atom stereocenters. The third kappa shape index (κ3) is 2.19. The number of thiazole rings is 1. The first-order chi connectivity index (χ1) is 8.52. The van der Waals surface area contributed by atoms with Crippen molar-refractivity contribution in [2.24, 2.45) is 0 Å². The van der Waals surface area contributed by atoms with Crippen molar-refractivity contribution in [3.05, 3.63) is 42.7 Å². The van der Waals surface area contributed by atoms with Crippen LogP contribution < -0.4 is 11.2 Å². The normalized spacial score (nSPS) is 10.8. The SMILES string of the molecule is CCc1cnc(Cn2c(O)c(F)c(=O)[nH]c2=O)s1. The molecule has 18 heavy (non-hydrogen) atoms. The summed E-state index contributed by atoms with van der Waals surface area (Å²) in [7, 11) is 0. The summed E-state index contributed by atoms with van der Waals surface area (Å²) in [4.78, 5) is 29.2. The molecule has 0 aromatic carbocycles. The Morgan fingerprint density at radius 1 is 1.56 bits per heavy atom. The van der Waals surface area contributed by atoms with Crippen molar-refractivity contribution in [1.29, 1.82) is 0 Å². The summed E-state index contributed by atoms with van der Waals surface area (Å²) >= 11 is 1.36. The number of aromatic hydroxyl groups is 1. The van der Waals surface area contributed by atoms with Crippen LogP contribution in [0, 0.1) is 5.82 Å². The standard InChI is InChI=1S/C10H10FN3O3S/c1-2-5-3-12-6(18-5)4-14-9(16)7(11)8(15)13-10(14)17/h3,16H,2,4H2,1H3,(H,13,15,17). The summed E-state index contributed by atoms with van der Waals surface area (Å²) in [5.41, 5.74) is -2.10. The van der Waals surface area contributed by atoms with Gasteiger partial charge in [0, 0.05) is 11.1 Å². The van der Waals surface area contributed by atoms with Gasteiger partial charge in [-0.15, -0.1) is 11.3 Å². The van der Waals surface area contributed by atoms with Crippen LogP contribution >= 0.6 is 11.3 Å². The minimum atomic E-state index is -1.37. The van der Waals surface area contributed by atoms with E-state index in [2.05, 4.69) is 4.98 Å². The maximum absolute atomic E-state index is 13.2. The second-order valence-corrected chi connectivity index (χ2v) is 4.76. The fraction of sp³-hybridized carbons (Fsp3) is 0.300. The van der Waals surface area contributed by atoms with Crippen molar-refractivity contribution in [1.82, 2.24) is 14.5 Å². The number of H-pyrrole nitrogens is 1. The Kier molecular flexibility index (Phi) is 3.28. The first-order valence-electron chi connectivity index (χ1n) is 5.18. The van der Waals surface area contributed by atoms with Crippen LogP contribution in [0.1, 0.15) is 16.8 Å². The third-order valence-electron chi connectivity index (χ3n) is 2.36. The van der Waals surface area contributed by atoms with E-state index in [4.69, 9.17) is 0 Å². The third-order valence-corrected chi connectivity index (χ3v) is 3.49. The highest BCUT2D eigenvalue weighted by atomic mass is 32.1. The lowest BCUT2D eigenvalue weighted by Crippen LogP contribution is -2.32. The zero-order valence-corrected chi connectivity index (χ0v) is 10.3. The predicted molar refractivity (Wildman–Crippen MR) is 63.5 cm³/mol. The van der Waals surface area contributed by atoms with Crippen molar-refractivity contribution in [2.75, 3.05) is 0 Å². The summed E-state index contributed by atoms with van der Waals surface area (Å²) in [6.45, 7) is 1.88. The van der Waals surface area contributed by atoms with Crippen LogP contribution in [0.4, 0.5) is 4.39 Å². The van der Waals surface area contributed by atoms with Crippen molar-refractivity contribution in [2.45, 2.75) is 19.9 Å². The van der Waals surface area contributed by atoms with Gasteiger partial charge in [0.2, 0.25) is 11.7 Å². The fourth-order valence-corrected chi connectivity index (χ4v) is 2.25. The van der Waals surface area contributed by atoms with Crippen molar-refractivity contribution >= 4 is 11.3 Å². The molecule has 0 saturated carbocycles. The number of aryl methyl sites for hydroxylation is 1. The van der Waals surface area contributed by atoms with Crippen molar-refractivity contribution in [3.8, 4) is 5.88 Å². The molecular weight excluding hydrogens is 261 g/mol. The summed E-state index contributed by atoms with van der Waals surface area (Å²) in [5.74, 6) is -2.35. The van der Waals surface area contributed by atoms with E-state index < -0.39 is 22.9 Å². The molecule has 0 aliphatic heterocycles. The molecule has 6 nitrogen and oxygen atoms in total. The van der Waals surface area contributed by atoms with Gasteiger partial charge in [-0.25, -0.2) is 9.78 Å². The second-order valence-electron chi connectivity index (χ2n) is 3.56. The molecule has 96 valence electrons. The Labute approximate surface area is 104 Å². The molecule has 2 heterocycles. The van der Waals surface area contributed by atoms with E-state index in [1.165, 1.54) is 11.3 Å². The Bertz CT molecular complexity index is 688. The van der Waals surface area contributed by atoms with E-state index in [0.717, 1.165) is 15.9 Å². The van der Waals surface area contributed by atoms with Gasteiger partial charge >= 0.3 is 5.69 Å². The van der Waals surface area contributed by atoms with Gasteiger partial charge in [-0.3, -0.25) is 14.3 Å². The average molecular weight is 271 g/mol. The number of halogens is 1. The van der Waals surface area contributed by atoms with Gasteiger partial charge in [-0.05, 0) is 6.42 Å². The highest BCUT2D eigenvalue weighted by Crippen LogP contribution is 2.16. The topological polar surface area (TPSA) is 88.0 Å². The van der Waals surface area contributed by atoms with Gasteiger partial charge in [0.1, 0.15) is 5.01 Å². The summed E-state index contributed by atoms with van der Waals surface area (Å²) in [6.07, 6.45) is 2.46. The number of nitrogens with zero attached hydrogens (tertiary/aromatic N) is 2. The summed E-state index contributed by atoms with van der Waals surface area (Å²) < 4.78 is 13.9. The van der Waals surface area contributed by atoms with E-state index in [-0.39, 0.29) is 6.54 Å². The van der Waals surface area contributed by atoms with Gasteiger partial charge in [-0.1, -0.05) is 6.92 Å². The lowest BCUT2D eigenvalue weighted by Gasteiger charge is -2.05. The van der Waals surface area contributed by atoms with Gasteiger partial charge < -0.3 is 5.11 Å². The van der Waals surface area contributed by atoms with Gasteiger partial charge in [0.25, 0.3) is 5.56 Å². The lowest BCUT2D eigenvalue weighted by molar-refractivity contribution is 0.367. The van der Waals surface area contributed by atoms with Gasteiger partial charge in [0.15, 0.2) is 0 Å². The summed E-state index contributed by atoms with van der Waals surface area (Å²) in [6, 6.07) is 0. The van der Waals surface area contributed by atoms with Crippen LogP contribution in [0.15, 0.2) is 15.8 Å². The maximum Gasteiger partial charge on any atom is 0.331 e. The first kappa shape index (κ1) is 12.5. The van der Waals surface area contributed by atoms with Crippen molar-refractivity contribution in [3.63, 3.8) is 0 Å². The molecule has 2 N–H and O–H groups in total. The molecule has 0 aliphatic rings. The van der Waals surface area contributed by atoms with Crippen LogP contribution in [0.3, 0.4) is 0 Å². The number of hydrogen-bond donors (Lipinski definition) is 2. The predicted octanol–water partition coefficient (Wildman–Crippen LogP) is 0.449. The molecule has 0 aliphatic carbocycles. The quantitative estimate of drug-likeness (QED) is 0.848. The minimum Gasteiger partial charge on any atom is -0.492 e. The monoisotopic (exact) mass is 271 g/mol. The van der Waals surface area contributed by atoms with Crippen LogP contribution in [0.2, 0.25) is 0 Å². The molecule has 0 fully saturated rings. The molecule has 2 aromatic rings. The Hall–Kier alpha value is -1.96. The molecule has 8 heteroatoms. The van der Waals surface area contributed by atoms with Crippen LogP contribution in [-0.2, 0) is 13.0 Å². The average Bonchev–Trinajstić information content (AvgIpc) is 2.80. The van der Waals surface area contributed by atoms with E-state index in [9.17, 15) is 19.1 Å². The molecule has 0 radical (unpaired) electrons. The van der Waals surface area contributed by atoms with E-state index in [1.807, 2.05) is 6.92 Å². The fourth-order valence-electron chi connectivity index (χ4n) is 1.40. The smallest absolute Gasteiger partial charge is 0.331 e. The van der Waals surface area contributed by atoms with Crippen LogP contribution in [0.5, 0.6) is 5.88 Å². The Morgan fingerprint density at radius 2 is 2.28 bits per heavy atom. The maximum atomic E-state index is 13.2. The number of aromatic amines is 1. The lowest BCUT2D eigenvalue weighted by atomic mass is 10.4. The van der Waals surface area contributed by atoms with Gasteiger partial charge in [0.05, 0.1) is 6.54 Å². The summed E-state index contributed by atoms with van der Waals surface area (Å²) in [5, 5.41) is 9.98. The van der Waals surface area contributed by atoms with E-state index in [1.54, 1.807) is 11.2 Å². The number of hydrogen-bond acceptors (Lipinski definition) is 5. The first-order valence-corrected chi connectivity index (χ1v) is 5.99. The highest BCUT2D eigenvalue weighted by molar-refractivity contribution is 7.11. The van der Waals surface area contributed by atoms with Crippen LogP contribution in [-0.4, -0.2) is 19.6 Å². The molecule has 0 amide bonds. The van der Waals surface area contributed by atoms with Crippen LogP contribution in [0.25, 0.3) is 0 Å². The molecule has 0 bridgehead atoms. The largest absolute Gasteiger partial charge is 0.492 e. The molecule has 0 unspecified atom stereocenters. The van der Waals surface area contributed by atoms with E-state index >= 15 is 0 Å². The number of nitrogens with one attached hydrogen (secondary N) is 1. The zero-order valence-electron chi connectivity index (χ0n) is 9.44. The molecule has 2 aromatic heterocycles. The highest BCUT2D eigenvalue weighted by Gasteiger charge is 2.14. The Balaban J connectivity index is 2.43. The molecular formula is C10H10FN3O3S. The molecule has 0 spiro atoms. The van der Waals surface area contributed by atoms with Gasteiger partial charge in [-0.2, -0.15) is 4.39 Å². The molecule has 2 rings (SSSR count). The number of rotatable bonds is 3. The molecule has 0 saturated heterocycles. The van der Waals surface area contributed by atoms with E-state index in [0.29, 0.717) is 5.01 Å². The minimum absolute atomic E-state index is 0.0803. The number of aromatic nitrogens is 3. The van der Waals surface area contributed by atoms with Crippen molar-refractivity contribution < 1.29 is 9.50 Å². The second kappa shape index (κ2) is 4.73. The Morgan fingerprint density at radius 3 is 2.89 bits per heavy atom.